The third kappa shape index (κ3) is 13.3. The van der Waals surface area contributed by atoms with Gasteiger partial charge in [0.25, 0.3) is 0 Å². The number of hydrogen-bond acceptors (Lipinski definition) is 4. The number of aliphatic hydroxyl groups excluding tert-OH is 1. The molecule has 1 rings (SSSR count). The number of aromatic nitrogens is 2. The van der Waals surface area contributed by atoms with Crippen LogP contribution in [0.25, 0.3) is 6.08 Å². The van der Waals surface area contributed by atoms with E-state index in [0.717, 1.165) is 25.3 Å². The molecule has 4 N–H and O–H groups in total. The fourth-order valence-electron chi connectivity index (χ4n) is 1.23. The molecule has 0 radical (unpaired) electrons. The van der Waals surface area contributed by atoms with Gasteiger partial charge in [-0.1, -0.05) is 26.2 Å². The molecule has 0 saturated carbocycles. The van der Waals surface area contributed by atoms with Crippen molar-refractivity contribution in [2.24, 2.45) is 0 Å². The normalized spacial score (nSPS) is 11.1. The molecule has 1 atom stereocenters. The van der Waals surface area contributed by atoms with Crippen molar-refractivity contribution in [3.05, 3.63) is 24.3 Å². The van der Waals surface area contributed by atoms with Gasteiger partial charge in [-0.2, -0.15) is 0 Å². The van der Waals surface area contributed by atoms with Crippen molar-refractivity contribution in [1.29, 1.82) is 0 Å². The number of rotatable bonds is 7. The Balaban J connectivity index is 0. The van der Waals surface area contributed by atoms with Crippen LogP contribution in [0.5, 0.6) is 0 Å². The first-order chi connectivity index (χ1) is 9.47. The molecule has 0 spiro atoms. The average molecular weight is 380 g/mol. The van der Waals surface area contributed by atoms with Gasteiger partial charge < -0.3 is 20.3 Å². The van der Waals surface area contributed by atoms with Crippen LogP contribution in [0, 0.1) is 0 Å². The Morgan fingerprint density at radius 1 is 1.38 bits per heavy atom. The second-order valence-electron chi connectivity index (χ2n) is 4.03. The number of carboxylic acid groups (broad SMARTS) is 2. The maximum Gasteiger partial charge on any atom is 0.332 e. The quantitative estimate of drug-likeness (QED) is 0.323. The minimum atomic E-state index is -1.16. The molecule has 1 aromatic rings. The van der Waals surface area contributed by atoms with Crippen molar-refractivity contribution < 1.29 is 46.0 Å². The maximum atomic E-state index is 10.0. The standard InChI is InChI=1S/C7H14O3.C6H6N2O2.Mo/c1-2-3-4-5-6(8)7(9)10;9-6(10)2-1-5-3-7-4-8-5;/h6,8H,2-5H2,1H3,(H,9,10);1-4H,(H,7,8)(H,9,10);/b;2-1+;. The van der Waals surface area contributed by atoms with Crippen LogP contribution >= 0.6 is 0 Å². The molecule has 0 saturated heterocycles. The molecular weight excluding hydrogens is 360 g/mol. The number of aliphatic hydroxyl groups is 1. The zero-order chi connectivity index (χ0) is 15.4. The Morgan fingerprint density at radius 2 is 2.05 bits per heavy atom. The second kappa shape index (κ2) is 13.5. The van der Waals surface area contributed by atoms with E-state index >= 15 is 0 Å². The fourth-order valence-corrected chi connectivity index (χ4v) is 1.23. The van der Waals surface area contributed by atoms with Gasteiger partial charge in [0.1, 0.15) is 0 Å². The Bertz CT molecular complexity index is 420. The third-order valence-electron chi connectivity index (χ3n) is 2.29. The fraction of sp³-hybridized carbons (Fsp3) is 0.462. The van der Waals surface area contributed by atoms with E-state index in [9.17, 15) is 9.59 Å². The molecule has 0 fully saturated rings. The number of carbonyl (C=O) groups is 2. The van der Waals surface area contributed by atoms with Crippen LogP contribution in [-0.2, 0) is 30.7 Å². The minimum Gasteiger partial charge on any atom is -0.479 e. The van der Waals surface area contributed by atoms with Crippen molar-refractivity contribution in [3.8, 4) is 0 Å². The first-order valence-corrected chi connectivity index (χ1v) is 6.27. The van der Waals surface area contributed by atoms with Crippen molar-refractivity contribution in [1.82, 2.24) is 9.97 Å². The van der Waals surface area contributed by atoms with E-state index < -0.39 is 18.0 Å². The van der Waals surface area contributed by atoms with E-state index in [0.29, 0.717) is 12.1 Å². The van der Waals surface area contributed by atoms with Gasteiger partial charge in [-0.3, -0.25) is 0 Å². The van der Waals surface area contributed by atoms with Crippen molar-refractivity contribution >= 4 is 18.0 Å². The third-order valence-corrected chi connectivity index (χ3v) is 2.29. The van der Waals surface area contributed by atoms with Crippen LogP contribution in [0.3, 0.4) is 0 Å². The molecule has 0 aliphatic heterocycles. The summed E-state index contributed by atoms with van der Waals surface area (Å²) in [5.41, 5.74) is 0.683. The van der Waals surface area contributed by atoms with Gasteiger partial charge in [-0.15, -0.1) is 0 Å². The predicted octanol–water partition coefficient (Wildman–Crippen LogP) is 1.52. The Kier molecular flexibility index (Phi) is 14.1. The van der Waals surface area contributed by atoms with Gasteiger partial charge in [0, 0.05) is 27.1 Å². The summed E-state index contributed by atoms with van der Waals surface area (Å²) in [6, 6.07) is 0. The van der Waals surface area contributed by atoms with Gasteiger partial charge in [0.15, 0.2) is 6.10 Å². The van der Waals surface area contributed by atoms with E-state index in [1.807, 2.05) is 6.92 Å². The smallest absolute Gasteiger partial charge is 0.332 e. The summed E-state index contributed by atoms with van der Waals surface area (Å²) in [6.45, 7) is 2.03. The van der Waals surface area contributed by atoms with E-state index in [4.69, 9.17) is 15.3 Å². The molecule has 0 bridgehead atoms. The first kappa shape index (κ1) is 21.8. The van der Waals surface area contributed by atoms with Gasteiger partial charge in [0.05, 0.1) is 18.2 Å². The van der Waals surface area contributed by atoms with Gasteiger partial charge in [0.2, 0.25) is 0 Å². The van der Waals surface area contributed by atoms with Crippen LogP contribution in [0.2, 0.25) is 0 Å². The number of nitrogens with zero attached hydrogens (tertiary/aromatic N) is 1. The Labute approximate surface area is 137 Å². The summed E-state index contributed by atoms with van der Waals surface area (Å²) in [7, 11) is 0. The van der Waals surface area contributed by atoms with Crippen LogP contribution in [0.15, 0.2) is 18.6 Å². The molecule has 1 unspecified atom stereocenters. The summed E-state index contributed by atoms with van der Waals surface area (Å²) in [5.74, 6) is -2.08. The van der Waals surface area contributed by atoms with Gasteiger partial charge >= 0.3 is 11.9 Å². The summed E-state index contributed by atoms with van der Waals surface area (Å²) in [4.78, 5) is 26.4. The molecular formula is C13H20MoN2O5. The van der Waals surface area contributed by atoms with E-state index in [2.05, 4.69) is 9.97 Å². The van der Waals surface area contributed by atoms with Crippen LogP contribution in [0.1, 0.15) is 38.3 Å². The topological polar surface area (TPSA) is 124 Å². The number of imidazole rings is 1. The number of aromatic amines is 1. The van der Waals surface area contributed by atoms with Gasteiger partial charge in [-0.25, -0.2) is 14.6 Å². The number of hydrogen-bond donors (Lipinski definition) is 4. The van der Waals surface area contributed by atoms with Gasteiger partial charge in [-0.05, 0) is 12.5 Å². The van der Waals surface area contributed by atoms with E-state index in [1.54, 1.807) is 6.20 Å². The molecule has 0 amide bonds. The molecule has 0 aliphatic carbocycles. The minimum absolute atomic E-state index is 0. The average Bonchev–Trinajstić information content (AvgIpc) is 2.90. The molecule has 8 heteroatoms. The van der Waals surface area contributed by atoms with E-state index in [1.165, 1.54) is 12.4 Å². The monoisotopic (exact) mass is 382 g/mol. The van der Waals surface area contributed by atoms with Crippen LogP contribution in [0.4, 0.5) is 0 Å². The second-order valence-corrected chi connectivity index (χ2v) is 4.03. The van der Waals surface area contributed by atoms with Crippen molar-refractivity contribution in [2.45, 2.75) is 38.7 Å². The summed E-state index contributed by atoms with van der Waals surface area (Å²) in [6.07, 6.45) is 7.57. The van der Waals surface area contributed by atoms with Crippen LogP contribution < -0.4 is 0 Å². The molecule has 0 aromatic carbocycles. The zero-order valence-electron chi connectivity index (χ0n) is 11.7. The summed E-state index contributed by atoms with van der Waals surface area (Å²) in [5, 5.41) is 25.2. The molecule has 1 aromatic heterocycles. The Hall–Kier alpha value is -1.46. The largest absolute Gasteiger partial charge is 0.479 e. The summed E-state index contributed by atoms with van der Waals surface area (Å²) < 4.78 is 0. The number of nitrogens with one attached hydrogen (secondary N) is 1. The first-order valence-electron chi connectivity index (χ1n) is 6.27. The molecule has 7 nitrogen and oxygen atoms in total. The molecule has 118 valence electrons. The molecule has 21 heavy (non-hydrogen) atoms. The number of unbranched alkanes of at least 4 members (excludes halogenated alkanes) is 2. The summed E-state index contributed by atoms with van der Waals surface area (Å²) >= 11 is 0. The molecule has 0 aliphatic rings. The predicted molar refractivity (Wildman–Crippen MR) is 73.0 cm³/mol. The van der Waals surface area contributed by atoms with E-state index in [-0.39, 0.29) is 21.1 Å². The molecule has 1 heterocycles. The van der Waals surface area contributed by atoms with Crippen molar-refractivity contribution in [2.75, 3.05) is 0 Å². The maximum absolute atomic E-state index is 10.0. The number of aliphatic carboxylic acids is 2. The van der Waals surface area contributed by atoms with Crippen molar-refractivity contribution in [3.63, 3.8) is 0 Å². The number of H-pyrrole nitrogens is 1. The zero-order valence-corrected chi connectivity index (χ0v) is 13.7. The SMILES string of the molecule is CCCCCC(O)C(=O)O.O=C(O)/C=C/c1cnc[nH]1.[Mo]. The Morgan fingerprint density at radius 3 is 2.48 bits per heavy atom. The number of carboxylic acids is 2. The van der Waals surface area contributed by atoms with Crippen LogP contribution in [-0.4, -0.2) is 43.3 Å².